The van der Waals surface area contributed by atoms with Gasteiger partial charge in [0, 0.05) is 5.92 Å². The summed E-state index contributed by atoms with van der Waals surface area (Å²) in [5.41, 5.74) is 0.915. The minimum atomic E-state index is -0.506. The van der Waals surface area contributed by atoms with Gasteiger partial charge in [0.1, 0.15) is 0 Å². The zero-order chi connectivity index (χ0) is 9.97. The van der Waals surface area contributed by atoms with Crippen LogP contribution in [0.2, 0.25) is 0 Å². The summed E-state index contributed by atoms with van der Waals surface area (Å²) in [6, 6.07) is 9.59. The van der Waals surface area contributed by atoms with Crippen molar-refractivity contribution < 1.29 is 10.2 Å². The van der Waals surface area contributed by atoms with Gasteiger partial charge in [-0.25, -0.2) is 0 Å². The van der Waals surface area contributed by atoms with Crippen LogP contribution in [0.5, 0.6) is 0 Å². The molecule has 0 saturated heterocycles. The Balaban J connectivity index is 2.12. The van der Waals surface area contributed by atoms with Crippen molar-refractivity contribution in [3.63, 3.8) is 0 Å². The van der Waals surface area contributed by atoms with Crippen LogP contribution in [0.1, 0.15) is 30.9 Å². The molecule has 0 spiro atoms. The highest BCUT2D eigenvalue weighted by Crippen LogP contribution is 2.35. The molecule has 2 nitrogen and oxygen atoms in total. The maximum atomic E-state index is 10.0. The molecule has 0 bridgehead atoms. The summed E-state index contributed by atoms with van der Waals surface area (Å²) in [5, 5.41) is 19.7. The molecule has 1 aromatic carbocycles. The molecule has 76 valence electrons. The summed E-state index contributed by atoms with van der Waals surface area (Å²) in [6.07, 6.45) is 1.94. The van der Waals surface area contributed by atoms with E-state index in [0.29, 0.717) is 0 Å². The van der Waals surface area contributed by atoms with Crippen LogP contribution in [0, 0.1) is 5.92 Å². The number of hydrogen-bond acceptors (Lipinski definition) is 2. The van der Waals surface area contributed by atoms with Crippen LogP contribution < -0.4 is 0 Å². The average molecular weight is 192 g/mol. The third-order valence-electron chi connectivity index (χ3n) is 3.08. The number of aliphatic hydroxyl groups excluding tert-OH is 2. The fraction of sp³-hybridized carbons (Fsp3) is 0.500. The van der Waals surface area contributed by atoms with Crippen LogP contribution in [0.25, 0.3) is 0 Å². The van der Waals surface area contributed by atoms with Crippen molar-refractivity contribution in [2.45, 2.75) is 31.5 Å². The van der Waals surface area contributed by atoms with E-state index in [1.165, 1.54) is 0 Å². The number of benzene rings is 1. The molecule has 1 aromatic rings. The fourth-order valence-corrected chi connectivity index (χ4v) is 2.23. The zero-order valence-corrected chi connectivity index (χ0v) is 8.13. The minimum absolute atomic E-state index is 0.0254. The third kappa shape index (κ3) is 1.81. The smallest absolute Gasteiger partial charge is 0.0842 e. The Labute approximate surface area is 84.2 Å². The first-order valence-corrected chi connectivity index (χ1v) is 5.20. The predicted molar refractivity (Wildman–Crippen MR) is 54.7 cm³/mol. The lowest BCUT2D eigenvalue weighted by molar-refractivity contribution is 0.0307. The summed E-state index contributed by atoms with van der Waals surface area (Å²) in [6.45, 7) is 0. The van der Waals surface area contributed by atoms with Crippen molar-refractivity contribution in [2.24, 2.45) is 5.92 Å². The molecule has 1 saturated carbocycles. The lowest BCUT2D eigenvalue weighted by Crippen LogP contribution is -2.20. The zero-order valence-electron chi connectivity index (χ0n) is 8.13. The second-order valence-electron chi connectivity index (χ2n) is 4.02. The minimum Gasteiger partial charge on any atom is -0.393 e. The molecule has 0 amide bonds. The van der Waals surface area contributed by atoms with E-state index in [0.717, 1.165) is 24.8 Å². The molecule has 2 rings (SSSR count). The molecule has 1 fully saturated rings. The van der Waals surface area contributed by atoms with E-state index in [-0.39, 0.29) is 12.0 Å². The Hall–Kier alpha value is -0.860. The van der Waals surface area contributed by atoms with Crippen LogP contribution in [0.3, 0.4) is 0 Å². The average Bonchev–Trinajstić information content (AvgIpc) is 2.65. The van der Waals surface area contributed by atoms with E-state index >= 15 is 0 Å². The first kappa shape index (κ1) is 9.69. The highest BCUT2D eigenvalue weighted by Gasteiger charge is 2.31. The molecule has 3 atom stereocenters. The Kier molecular flexibility index (Phi) is 2.85. The molecule has 14 heavy (non-hydrogen) atoms. The summed E-state index contributed by atoms with van der Waals surface area (Å²) in [7, 11) is 0. The van der Waals surface area contributed by atoms with Gasteiger partial charge in [0.25, 0.3) is 0 Å². The largest absolute Gasteiger partial charge is 0.393 e. The van der Waals surface area contributed by atoms with Crippen LogP contribution in [0.15, 0.2) is 30.3 Å². The van der Waals surface area contributed by atoms with Gasteiger partial charge in [-0.1, -0.05) is 36.8 Å². The third-order valence-corrected chi connectivity index (χ3v) is 3.08. The van der Waals surface area contributed by atoms with Crippen molar-refractivity contribution >= 4 is 0 Å². The van der Waals surface area contributed by atoms with E-state index in [9.17, 15) is 10.2 Å². The van der Waals surface area contributed by atoms with E-state index in [2.05, 4.69) is 0 Å². The first-order chi connectivity index (χ1) is 6.79. The SMILES string of the molecule is O[C@@H]1CCC[C@@H]1[C@@H](O)c1ccccc1. The molecular weight excluding hydrogens is 176 g/mol. The summed E-state index contributed by atoms with van der Waals surface area (Å²) >= 11 is 0. The quantitative estimate of drug-likeness (QED) is 0.751. The molecule has 0 aliphatic heterocycles. The first-order valence-electron chi connectivity index (χ1n) is 5.20. The standard InChI is InChI=1S/C12H16O2/c13-11-8-4-7-10(11)12(14)9-5-2-1-3-6-9/h1-3,5-6,10-14H,4,7-8H2/t10-,11+,12-/m0/s1. The maximum Gasteiger partial charge on any atom is 0.0842 e. The lowest BCUT2D eigenvalue weighted by atomic mass is 9.93. The van der Waals surface area contributed by atoms with E-state index in [1.807, 2.05) is 30.3 Å². The summed E-state index contributed by atoms with van der Waals surface area (Å²) in [5.74, 6) is 0.0254. The van der Waals surface area contributed by atoms with Gasteiger partial charge >= 0.3 is 0 Å². The molecule has 2 N–H and O–H groups in total. The van der Waals surface area contributed by atoms with E-state index < -0.39 is 6.10 Å². The van der Waals surface area contributed by atoms with Crippen LogP contribution >= 0.6 is 0 Å². The molecule has 1 aliphatic carbocycles. The van der Waals surface area contributed by atoms with Gasteiger partial charge in [-0.15, -0.1) is 0 Å². The van der Waals surface area contributed by atoms with E-state index in [1.54, 1.807) is 0 Å². The molecular formula is C12H16O2. The Morgan fingerprint density at radius 2 is 1.86 bits per heavy atom. The van der Waals surface area contributed by atoms with Gasteiger partial charge in [0.15, 0.2) is 0 Å². The molecule has 0 unspecified atom stereocenters. The molecule has 0 aromatic heterocycles. The van der Waals surface area contributed by atoms with Gasteiger partial charge in [-0.3, -0.25) is 0 Å². The van der Waals surface area contributed by atoms with Gasteiger partial charge < -0.3 is 10.2 Å². The number of aliphatic hydroxyl groups is 2. The van der Waals surface area contributed by atoms with Crippen molar-refractivity contribution in [3.05, 3.63) is 35.9 Å². The van der Waals surface area contributed by atoms with Crippen molar-refractivity contribution in [1.82, 2.24) is 0 Å². The van der Waals surface area contributed by atoms with Gasteiger partial charge in [-0.2, -0.15) is 0 Å². The highest BCUT2D eigenvalue weighted by atomic mass is 16.3. The second-order valence-corrected chi connectivity index (χ2v) is 4.02. The monoisotopic (exact) mass is 192 g/mol. The topological polar surface area (TPSA) is 40.5 Å². The van der Waals surface area contributed by atoms with Crippen LogP contribution in [0.4, 0.5) is 0 Å². The predicted octanol–water partition coefficient (Wildman–Crippen LogP) is 1.88. The molecule has 1 aliphatic rings. The normalized spacial score (nSPS) is 29.0. The molecule has 0 radical (unpaired) electrons. The Bertz CT molecular complexity index is 284. The summed E-state index contributed by atoms with van der Waals surface area (Å²) in [4.78, 5) is 0. The molecule has 0 heterocycles. The maximum absolute atomic E-state index is 10.0. The lowest BCUT2D eigenvalue weighted by Gasteiger charge is -2.21. The summed E-state index contributed by atoms with van der Waals surface area (Å²) < 4.78 is 0. The van der Waals surface area contributed by atoms with Gasteiger partial charge in [-0.05, 0) is 18.4 Å². The van der Waals surface area contributed by atoms with Crippen molar-refractivity contribution in [2.75, 3.05) is 0 Å². The second kappa shape index (κ2) is 4.11. The van der Waals surface area contributed by atoms with Crippen molar-refractivity contribution in [1.29, 1.82) is 0 Å². The van der Waals surface area contributed by atoms with Gasteiger partial charge in [0.05, 0.1) is 12.2 Å². The fourth-order valence-electron chi connectivity index (χ4n) is 2.23. The number of hydrogen-bond donors (Lipinski definition) is 2. The van der Waals surface area contributed by atoms with E-state index in [4.69, 9.17) is 0 Å². The Morgan fingerprint density at radius 3 is 2.43 bits per heavy atom. The molecule has 2 heteroatoms. The Morgan fingerprint density at radius 1 is 1.14 bits per heavy atom. The van der Waals surface area contributed by atoms with Crippen molar-refractivity contribution in [3.8, 4) is 0 Å². The number of rotatable bonds is 2. The van der Waals surface area contributed by atoms with Gasteiger partial charge in [0.2, 0.25) is 0 Å². The highest BCUT2D eigenvalue weighted by molar-refractivity contribution is 5.18. The van der Waals surface area contributed by atoms with Crippen LogP contribution in [-0.2, 0) is 0 Å². The van der Waals surface area contributed by atoms with Crippen LogP contribution in [-0.4, -0.2) is 16.3 Å².